The van der Waals surface area contributed by atoms with E-state index in [-0.39, 0.29) is 5.91 Å². The molecule has 2 aliphatic rings. The minimum absolute atomic E-state index is 0.0723. The van der Waals surface area contributed by atoms with Crippen LogP contribution < -0.4 is 16.0 Å². The van der Waals surface area contributed by atoms with Gasteiger partial charge >= 0.3 is 0 Å². The fraction of sp³-hybridized carbons (Fsp3) is 0.533. The second-order valence-corrected chi connectivity index (χ2v) is 5.53. The molecule has 1 amide bonds. The first kappa shape index (κ1) is 13.2. The molecule has 20 heavy (non-hydrogen) atoms. The van der Waals surface area contributed by atoms with E-state index in [1.807, 2.05) is 6.07 Å². The molecule has 0 saturated heterocycles. The van der Waals surface area contributed by atoms with Gasteiger partial charge in [-0.25, -0.2) is 0 Å². The Morgan fingerprint density at radius 2 is 2.20 bits per heavy atom. The zero-order valence-electron chi connectivity index (χ0n) is 11.8. The Hall–Kier alpha value is -1.75. The predicted octanol–water partition coefficient (Wildman–Crippen LogP) is 1.77. The van der Waals surface area contributed by atoms with Gasteiger partial charge in [0.25, 0.3) is 0 Å². The Balaban J connectivity index is 1.90. The van der Waals surface area contributed by atoms with E-state index in [1.54, 1.807) is 7.11 Å². The third kappa shape index (κ3) is 2.58. The van der Waals surface area contributed by atoms with Gasteiger partial charge in [-0.1, -0.05) is 0 Å². The number of amides is 1. The molecular formula is C15H21N3O2. The van der Waals surface area contributed by atoms with Crippen LogP contribution in [0, 0.1) is 0 Å². The number of nitrogen functional groups attached to an aromatic ring is 1. The van der Waals surface area contributed by atoms with Crippen molar-refractivity contribution in [3.63, 3.8) is 0 Å². The number of carbonyl (C=O) groups excluding carboxylic acids is 1. The van der Waals surface area contributed by atoms with Crippen molar-refractivity contribution < 1.29 is 9.53 Å². The summed E-state index contributed by atoms with van der Waals surface area (Å²) < 4.78 is 5.20. The van der Waals surface area contributed by atoms with Crippen LogP contribution in [-0.4, -0.2) is 32.2 Å². The summed E-state index contributed by atoms with van der Waals surface area (Å²) in [5.74, 6) is 0.0723. The van der Waals surface area contributed by atoms with E-state index < -0.39 is 0 Å². The first-order valence-corrected chi connectivity index (χ1v) is 7.17. The minimum atomic E-state index is 0.0723. The van der Waals surface area contributed by atoms with Crippen LogP contribution in [0.1, 0.15) is 24.8 Å². The van der Waals surface area contributed by atoms with Crippen molar-refractivity contribution in [3.05, 3.63) is 17.7 Å². The molecule has 0 radical (unpaired) electrons. The van der Waals surface area contributed by atoms with E-state index >= 15 is 0 Å². The van der Waals surface area contributed by atoms with Crippen LogP contribution in [0.3, 0.4) is 0 Å². The molecule has 1 aromatic rings. The fourth-order valence-electron chi connectivity index (χ4n) is 2.76. The maximum atomic E-state index is 11.4. The van der Waals surface area contributed by atoms with E-state index in [0.717, 1.165) is 30.0 Å². The average molecular weight is 275 g/mol. The molecule has 0 bridgehead atoms. The fourth-order valence-corrected chi connectivity index (χ4v) is 2.76. The molecule has 1 saturated carbocycles. The number of ether oxygens (including phenoxy) is 1. The van der Waals surface area contributed by atoms with Crippen molar-refractivity contribution >= 4 is 23.0 Å². The Labute approximate surface area is 119 Å². The van der Waals surface area contributed by atoms with E-state index in [1.165, 1.54) is 18.4 Å². The smallest absolute Gasteiger partial charge is 0.224 e. The summed E-state index contributed by atoms with van der Waals surface area (Å²) >= 11 is 0. The lowest BCUT2D eigenvalue weighted by Gasteiger charge is -2.28. The van der Waals surface area contributed by atoms with Gasteiger partial charge in [-0.2, -0.15) is 0 Å². The number of aryl methyl sites for hydroxylation is 1. The van der Waals surface area contributed by atoms with Gasteiger partial charge < -0.3 is 20.7 Å². The number of hydrogen-bond acceptors (Lipinski definition) is 4. The van der Waals surface area contributed by atoms with E-state index in [9.17, 15) is 4.79 Å². The van der Waals surface area contributed by atoms with Gasteiger partial charge in [0.15, 0.2) is 0 Å². The maximum absolute atomic E-state index is 11.4. The first-order valence-electron chi connectivity index (χ1n) is 7.17. The monoisotopic (exact) mass is 275 g/mol. The van der Waals surface area contributed by atoms with Gasteiger partial charge in [0.2, 0.25) is 5.91 Å². The van der Waals surface area contributed by atoms with Gasteiger partial charge in [0.05, 0.1) is 18.0 Å². The summed E-state index contributed by atoms with van der Waals surface area (Å²) in [7, 11) is 1.72. The van der Waals surface area contributed by atoms with Crippen molar-refractivity contribution in [2.75, 3.05) is 36.2 Å². The predicted molar refractivity (Wildman–Crippen MR) is 80.0 cm³/mol. The molecule has 108 valence electrons. The SMILES string of the molecule is COCCN(c1cc2c(cc1N)NC(=O)CC2)C1CC1. The number of hydrogen-bond donors (Lipinski definition) is 2. The lowest BCUT2D eigenvalue weighted by molar-refractivity contribution is -0.116. The molecular weight excluding hydrogens is 254 g/mol. The standard InChI is InChI=1S/C15H21N3O2/c1-20-7-6-18(11-3-4-11)14-8-10-2-5-15(19)17-13(10)9-12(14)16/h8-9,11H,2-7,16H2,1H3,(H,17,19). The zero-order chi connectivity index (χ0) is 14.1. The quantitative estimate of drug-likeness (QED) is 0.804. The van der Waals surface area contributed by atoms with Crippen molar-refractivity contribution in [2.24, 2.45) is 0 Å². The highest BCUT2D eigenvalue weighted by atomic mass is 16.5. The van der Waals surface area contributed by atoms with E-state index in [4.69, 9.17) is 10.5 Å². The molecule has 1 heterocycles. The van der Waals surface area contributed by atoms with Crippen LogP contribution in [-0.2, 0) is 16.0 Å². The normalized spacial score (nSPS) is 17.6. The number of carbonyl (C=O) groups is 1. The van der Waals surface area contributed by atoms with Crippen molar-refractivity contribution in [1.29, 1.82) is 0 Å². The molecule has 3 N–H and O–H groups in total. The summed E-state index contributed by atoms with van der Waals surface area (Å²) in [4.78, 5) is 13.8. The number of anilines is 3. The van der Waals surface area contributed by atoms with Crippen LogP contribution in [0.15, 0.2) is 12.1 Å². The third-order valence-electron chi connectivity index (χ3n) is 3.98. The summed E-state index contributed by atoms with van der Waals surface area (Å²) in [6, 6.07) is 4.62. The van der Waals surface area contributed by atoms with Crippen LogP contribution >= 0.6 is 0 Å². The lowest BCUT2D eigenvalue weighted by Crippen LogP contribution is -2.30. The molecule has 1 aliphatic heterocycles. The van der Waals surface area contributed by atoms with Crippen LogP contribution in [0.5, 0.6) is 0 Å². The van der Waals surface area contributed by atoms with Crippen LogP contribution in [0.4, 0.5) is 17.1 Å². The topological polar surface area (TPSA) is 67.6 Å². The highest BCUT2D eigenvalue weighted by Crippen LogP contribution is 2.38. The number of benzene rings is 1. The zero-order valence-corrected chi connectivity index (χ0v) is 11.8. The number of fused-ring (bicyclic) bond motifs is 1. The molecule has 0 atom stereocenters. The van der Waals surface area contributed by atoms with Crippen molar-refractivity contribution in [2.45, 2.75) is 31.7 Å². The van der Waals surface area contributed by atoms with Crippen LogP contribution in [0.2, 0.25) is 0 Å². The molecule has 1 fully saturated rings. The molecule has 1 aromatic carbocycles. The first-order chi connectivity index (χ1) is 9.69. The van der Waals surface area contributed by atoms with Crippen molar-refractivity contribution in [3.8, 4) is 0 Å². The number of rotatable bonds is 5. The molecule has 5 nitrogen and oxygen atoms in total. The summed E-state index contributed by atoms with van der Waals surface area (Å²) in [5.41, 5.74) is 10.1. The Morgan fingerprint density at radius 1 is 1.40 bits per heavy atom. The number of methoxy groups -OCH3 is 1. The highest BCUT2D eigenvalue weighted by Gasteiger charge is 2.30. The van der Waals surface area contributed by atoms with Crippen molar-refractivity contribution in [1.82, 2.24) is 0 Å². The second-order valence-electron chi connectivity index (χ2n) is 5.53. The van der Waals surface area contributed by atoms with Gasteiger partial charge in [0, 0.05) is 31.8 Å². The molecule has 5 heteroatoms. The number of nitrogens with one attached hydrogen (secondary N) is 1. The summed E-state index contributed by atoms with van der Waals surface area (Å²) in [6.07, 6.45) is 3.78. The highest BCUT2D eigenvalue weighted by molar-refractivity contribution is 5.95. The van der Waals surface area contributed by atoms with Gasteiger partial charge in [0.1, 0.15) is 0 Å². The summed E-state index contributed by atoms with van der Waals surface area (Å²) in [6.45, 7) is 1.56. The van der Waals surface area contributed by atoms with Gasteiger partial charge in [-0.15, -0.1) is 0 Å². The minimum Gasteiger partial charge on any atom is -0.397 e. The molecule has 0 aromatic heterocycles. The van der Waals surface area contributed by atoms with Gasteiger partial charge in [-0.05, 0) is 37.0 Å². The molecule has 1 aliphatic carbocycles. The van der Waals surface area contributed by atoms with Crippen LogP contribution in [0.25, 0.3) is 0 Å². The Bertz CT molecular complexity index is 526. The van der Waals surface area contributed by atoms with Gasteiger partial charge in [-0.3, -0.25) is 4.79 Å². The number of nitrogens with zero attached hydrogens (tertiary/aromatic N) is 1. The lowest BCUT2D eigenvalue weighted by atomic mass is 10.0. The van der Waals surface area contributed by atoms with E-state index in [0.29, 0.717) is 19.1 Å². The Morgan fingerprint density at radius 3 is 2.90 bits per heavy atom. The molecule has 3 rings (SSSR count). The summed E-state index contributed by atoms with van der Waals surface area (Å²) in [5, 5.41) is 2.89. The third-order valence-corrected chi connectivity index (χ3v) is 3.98. The number of nitrogens with two attached hydrogens (primary N) is 1. The maximum Gasteiger partial charge on any atom is 0.224 e. The average Bonchev–Trinajstić information content (AvgIpc) is 3.24. The largest absolute Gasteiger partial charge is 0.397 e. The Kier molecular flexibility index (Phi) is 3.53. The molecule has 0 unspecified atom stereocenters. The second kappa shape index (κ2) is 5.32. The molecule has 0 spiro atoms. The van der Waals surface area contributed by atoms with E-state index in [2.05, 4.69) is 16.3 Å².